The van der Waals surface area contributed by atoms with E-state index in [-0.39, 0.29) is 5.54 Å². The molecule has 1 saturated heterocycles. The van der Waals surface area contributed by atoms with Crippen LogP contribution in [0.4, 0.5) is 0 Å². The second kappa shape index (κ2) is 5.10. The van der Waals surface area contributed by atoms with Crippen molar-refractivity contribution in [3.63, 3.8) is 0 Å². The molecule has 0 aliphatic carbocycles. The summed E-state index contributed by atoms with van der Waals surface area (Å²) in [5, 5.41) is 0. The zero-order chi connectivity index (χ0) is 10.6. The second-order valence-electron chi connectivity index (χ2n) is 4.82. The Bertz CT molecular complexity index is 171. The molecule has 1 aliphatic rings. The Morgan fingerprint density at radius 3 is 2.86 bits per heavy atom. The third-order valence-electron chi connectivity index (χ3n) is 2.73. The number of ether oxygens (including phenoxy) is 1. The molecule has 0 bridgehead atoms. The monoisotopic (exact) mass is 200 g/mol. The van der Waals surface area contributed by atoms with Gasteiger partial charge in [0, 0.05) is 25.2 Å². The van der Waals surface area contributed by atoms with Crippen LogP contribution in [0.2, 0.25) is 0 Å². The Morgan fingerprint density at radius 2 is 2.29 bits per heavy atom. The summed E-state index contributed by atoms with van der Waals surface area (Å²) in [6, 6.07) is 0. The topological polar surface area (TPSA) is 38.5 Å². The van der Waals surface area contributed by atoms with Crippen LogP contribution in [-0.4, -0.2) is 42.8 Å². The van der Waals surface area contributed by atoms with Gasteiger partial charge < -0.3 is 10.5 Å². The molecule has 1 fully saturated rings. The standard InChI is InChI=1S/C11H24N2O/c1-4-5-11(3,12)9-13-6-7-14-10(2)8-13/h10H,4-9,12H2,1-3H3. The lowest BCUT2D eigenvalue weighted by Gasteiger charge is -2.36. The van der Waals surface area contributed by atoms with Crippen molar-refractivity contribution in [1.82, 2.24) is 4.90 Å². The molecule has 2 atom stereocenters. The Morgan fingerprint density at radius 1 is 1.57 bits per heavy atom. The van der Waals surface area contributed by atoms with E-state index >= 15 is 0 Å². The van der Waals surface area contributed by atoms with E-state index in [1.807, 2.05) is 0 Å². The van der Waals surface area contributed by atoms with Crippen molar-refractivity contribution in [2.45, 2.75) is 45.3 Å². The molecule has 0 aromatic rings. The summed E-state index contributed by atoms with van der Waals surface area (Å²) >= 11 is 0. The summed E-state index contributed by atoms with van der Waals surface area (Å²) in [6.07, 6.45) is 2.62. The Kier molecular flexibility index (Phi) is 4.35. The summed E-state index contributed by atoms with van der Waals surface area (Å²) in [5.41, 5.74) is 6.19. The molecule has 1 rings (SSSR count). The lowest BCUT2D eigenvalue weighted by Crippen LogP contribution is -2.52. The maximum absolute atomic E-state index is 6.22. The highest BCUT2D eigenvalue weighted by Crippen LogP contribution is 2.13. The van der Waals surface area contributed by atoms with Crippen LogP contribution in [0.5, 0.6) is 0 Å². The zero-order valence-corrected chi connectivity index (χ0v) is 9.75. The quantitative estimate of drug-likeness (QED) is 0.741. The van der Waals surface area contributed by atoms with Crippen LogP contribution >= 0.6 is 0 Å². The summed E-state index contributed by atoms with van der Waals surface area (Å²) in [5.74, 6) is 0. The molecule has 0 aromatic carbocycles. The van der Waals surface area contributed by atoms with Crippen molar-refractivity contribution in [2.24, 2.45) is 5.73 Å². The van der Waals surface area contributed by atoms with E-state index < -0.39 is 0 Å². The van der Waals surface area contributed by atoms with Crippen LogP contribution in [-0.2, 0) is 4.74 Å². The van der Waals surface area contributed by atoms with Gasteiger partial charge in [-0.15, -0.1) is 0 Å². The van der Waals surface area contributed by atoms with E-state index in [0.29, 0.717) is 6.10 Å². The van der Waals surface area contributed by atoms with Crippen LogP contribution < -0.4 is 5.73 Å². The molecule has 0 saturated carbocycles. The fourth-order valence-electron chi connectivity index (χ4n) is 2.20. The predicted octanol–water partition coefficient (Wildman–Crippen LogP) is 1.22. The van der Waals surface area contributed by atoms with E-state index in [4.69, 9.17) is 10.5 Å². The molecule has 2 N–H and O–H groups in total. The van der Waals surface area contributed by atoms with Crippen molar-refractivity contribution >= 4 is 0 Å². The van der Waals surface area contributed by atoms with Gasteiger partial charge in [-0.2, -0.15) is 0 Å². The molecular weight excluding hydrogens is 176 g/mol. The predicted molar refractivity (Wildman–Crippen MR) is 59.4 cm³/mol. The van der Waals surface area contributed by atoms with Gasteiger partial charge in [-0.25, -0.2) is 0 Å². The zero-order valence-electron chi connectivity index (χ0n) is 9.75. The number of hydrogen-bond donors (Lipinski definition) is 1. The summed E-state index contributed by atoms with van der Waals surface area (Å²) in [7, 11) is 0. The lowest BCUT2D eigenvalue weighted by atomic mass is 9.96. The largest absolute Gasteiger partial charge is 0.376 e. The molecule has 1 heterocycles. The van der Waals surface area contributed by atoms with Crippen LogP contribution in [0.1, 0.15) is 33.6 Å². The molecule has 2 unspecified atom stereocenters. The van der Waals surface area contributed by atoms with Gasteiger partial charge in [0.05, 0.1) is 12.7 Å². The minimum Gasteiger partial charge on any atom is -0.376 e. The van der Waals surface area contributed by atoms with Crippen molar-refractivity contribution in [1.29, 1.82) is 0 Å². The van der Waals surface area contributed by atoms with E-state index in [2.05, 4.69) is 25.7 Å². The molecule has 0 radical (unpaired) electrons. The highest BCUT2D eigenvalue weighted by Gasteiger charge is 2.24. The SMILES string of the molecule is CCCC(C)(N)CN1CCOC(C)C1. The fourth-order valence-corrected chi connectivity index (χ4v) is 2.20. The summed E-state index contributed by atoms with van der Waals surface area (Å²) in [4.78, 5) is 2.42. The first kappa shape index (κ1) is 12.0. The van der Waals surface area contributed by atoms with Gasteiger partial charge in [0.15, 0.2) is 0 Å². The number of morpholine rings is 1. The molecular formula is C11H24N2O. The number of hydrogen-bond acceptors (Lipinski definition) is 3. The molecule has 0 aromatic heterocycles. The average molecular weight is 200 g/mol. The first-order valence-corrected chi connectivity index (χ1v) is 5.66. The maximum Gasteiger partial charge on any atom is 0.0674 e. The minimum absolute atomic E-state index is 0.0359. The third-order valence-corrected chi connectivity index (χ3v) is 2.73. The van der Waals surface area contributed by atoms with E-state index in [0.717, 1.165) is 39.1 Å². The number of nitrogens with zero attached hydrogens (tertiary/aromatic N) is 1. The third kappa shape index (κ3) is 3.95. The van der Waals surface area contributed by atoms with E-state index in [9.17, 15) is 0 Å². The first-order chi connectivity index (χ1) is 6.53. The Balaban J connectivity index is 2.34. The molecule has 14 heavy (non-hydrogen) atoms. The van der Waals surface area contributed by atoms with Crippen LogP contribution in [0.25, 0.3) is 0 Å². The fraction of sp³-hybridized carbons (Fsp3) is 1.00. The van der Waals surface area contributed by atoms with Gasteiger partial charge in [-0.1, -0.05) is 13.3 Å². The van der Waals surface area contributed by atoms with Gasteiger partial charge >= 0.3 is 0 Å². The first-order valence-electron chi connectivity index (χ1n) is 5.66. The summed E-state index contributed by atoms with van der Waals surface area (Å²) in [6.45, 7) is 10.4. The molecule has 0 spiro atoms. The molecule has 1 aliphatic heterocycles. The van der Waals surface area contributed by atoms with Crippen molar-refractivity contribution in [3.05, 3.63) is 0 Å². The Hall–Kier alpha value is -0.120. The van der Waals surface area contributed by atoms with Crippen molar-refractivity contribution < 1.29 is 4.74 Å². The second-order valence-corrected chi connectivity index (χ2v) is 4.82. The van der Waals surface area contributed by atoms with E-state index in [1.54, 1.807) is 0 Å². The number of nitrogens with two attached hydrogens (primary N) is 1. The van der Waals surface area contributed by atoms with Gasteiger partial charge in [0.1, 0.15) is 0 Å². The molecule has 84 valence electrons. The molecule has 3 nitrogen and oxygen atoms in total. The highest BCUT2D eigenvalue weighted by molar-refractivity contribution is 4.83. The van der Waals surface area contributed by atoms with Crippen LogP contribution in [0, 0.1) is 0 Å². The van der Waals surface area contributed by atoms with Crippen LogP contribution in [0.3, 0.4) is 0 Å². The van der Waals surface area contributed by atoms with Crippen molar-refractivity contribution in [3.8, 4) is 0 Å². The minimum atomic E-state index is -0.0359. The normalized spacial score (nSPS) is 28.7. The average Bonchev–Trinajstić information content (AvgIpc) is 2.02. The Labute approximate surface area is 87.6 Å². The van der Waals surface area contributed by atoms with Gasteiger partial charge in [0.2, 0.25) is 0 Å². The van der Waals surface area contributed by atoms with Gasteiger partial charge in [-0.3, -0.25) is 4.90 Å². The van der Waals surface area contributed by atoms with Gasteiger partial charge in [-0.05, 0) is 20.3 Å². The van der Waals surface area contributed by atoms with E-state index in [1.165, 1.54) is 0 Å². The van der Waals surface area contributed by atoms with Gasteiger partial charge in [0.25, 0.3) is 0 Å². The highest BCUT2D eigenvalue weighted by atomic mass is 16.5. The molecule has 3 heteroatoms. The summed E-state index contributed by atoms with van der Waals surface area (Å²) < 4.78 is 5.50. The molecule has 0 amide bonds. The van der Waals surface area contributed by atoms with Crippen molar-refractivity contribution in [2.75, 3.05) is 26.2 Å². The smallest absolute Gasteiger partial charge is 0.0674 e. The maximum atomic E-state index is 6.22. The number of rotatable bonds is 4. The van der Waals surface area contributed by atoms with Crippen LogP contribution in [0.15, 0.2) is 0 Å². The lowest BCUT2D eigenvalue weighted by molar-refractivity contribution is -0.0245.